The molecule has 2 amide bonds. The highest BCUT2D eigenvalue weighted by atomic mass is 16.2. The lowest BCUT2D eigenvalue weighted by Gasteiger charge is -2.26. The molecule has 1 aromatic carbocycles. The smallest absolute Gasteiger partial charge is 0.317 e. The standard InChI is InChI=1S/C20H28N4O/c1-14-8-5-6-9-17(14)19-10-7-13-24(19)20(25)21-12-11-18-15(2)22-23(4)16(18)3/h5-6,8-9,19H,7,10-13H2,1-4H3,(H,21,25)/t19-/m1/s1. The number of rotatable bonds is 4. The number of hydrogen-bond donors (Lipinski definition) is 1. The summed E-state index contributed by atoms with van der Waals surface area (Å²) < 4.78 is 1.90. The third-order valence-electron chi connectivity index (χ3n) is 5.37. The van der Waals surface area contributed by atoms with E-state index < -0.39 is 0 Å². The number of amides is 2. The molecule has 0 saturated carbocycles. The van der Waals surface area contributed by atoms with Crippen molar-refractivity contribution in [2.75, 3.05) is 13.1 Å². The highest BCUT2D eigenvalue weighted by Crippen LogP contribution is 2.33. The average Bonchev–Trinajstić information content (AvgIpc) is 3.15. The van der Waals surface area contributed by atoms with Crippen LogP contribution in [0.3, 0.4) is 0 Å². The summed E-state index contributed by atoms with van der Waals surface area (Å²) in [7, 11) is 1.96. The van der Waals surface area contributed by atoms with Gasteiger partial charge in [0.05, 0.1) is 11.7 Å². The van der Waals surface area contributed by atoms with Gasteiger partial charge >= 0.3 is 6.03 Å². The molecule has 2 aromatic rings. The monoisotopic (exact) mass is 340 g/mol. The van der Waals surface area contributed by atoms with Crippen LogP contribution in [0.25, 0.3) is 0 Å². The predicted molar refractivity (Wildman–Crippen MR) is 99.6 cm³/mol. The molecule has 0 spiro atoms. The molecule has 2 heterocycles. The Morgan fingerprint density at radius 3 is 2.72 bits per heavy atom. The number of aryl methyl sites for hydroxylation is 3. The summed E-state index contributed by atoms with van der Waals surface area (Å²) in [6, 6.07) is 8.63. The summed E-state index contributed by atoms with van der Waals surface area (Å²) in [5.74, 6) is 0. The lowest BCUT2D eigenvalue weighted by molar-refractivity contribution is 0.193. The predicted octanol–water partition coefficient (Wildman–Crippen LogP) is 3.43. The third-order valence-corrected chi connectivity index (χ3v) is 5.37. The van der Waals surface area contributed by atoms with Crippen molar-refractivity contribution in [2.45, 2.75) is 46.1 Å². The number of carbonyl (C=O) groups is 1. The minimum absolute atomic E-state index is 0.0462. The van der Waals surface area contributed by atoms with Crippen molar-refractivity contribution in [3.8, 4) is 0 Å². The summed E-state index contributed by atoms with van der Waals surface area (Å²) in [5.41, 5.74) is 5.99. The quantitative estimate of drug-likeness (QED) is 0.927. The van der Waals surface area contributed by atoms with Crippen LogP contribution >= 0.6 is 0 Å². The van der Waals surface area contributed by atoms with E-state index in [1.54, 1.807) is 0 Å². The van der Waals surface area contributed by atoms with Gasteiger partial charge in [0.1, 0.15) is 0 Å². The first-order valence-corrected chi connectivity index (χ1v) is 9.08. The summed E-state index contributed by atoms with van der Waals surface area (Å²) in [6.07, 6.45) is 2.92. The highest BCUT2D eigenvalue weighted by Gasteiger charge is 2.30. The first kappa shape index (κ1) is 17.5. The SMILES string of the molecule is Cc1ccccc1[C@H]1CCCN1C(=O)NCCc1c(C)nn(C)c1C. The van der Waals surface area contributed by atoms with Crippen molar-refractivity contribution in [3.05, 3.63) is 52.3 Å². The van der Waals surface area contributed by atoms with E-state index in [-0.39, 0.29) is 12.1 Å². The molecule has 1 aliphatic rings. The maximum absolute atomic E-state index is 12.7. The van der Waals surface area contributed by atoms with E-state index >= 15 is 0 Å². The van der Waals surface area contributed by atoms with E-state index in [1.165, 1.54) is 22.4 Å². The summed E-state index contributed by atoms with van der Waals surface area (Å²) in [6.45, 7) is 7.70. The molecule has 0 bridgehead atoms. The summed E-state index contributed by atoms with van der Waals surface area (Å²) >= 11 is 0. The van der Waals surface area contributed by atoms with Gasteiger partial charge in [-0.05, 0) is 56.7 Å². The minimum Gasteiger partial charge on any atom is -0.338 e. The minimum atomic E-state index is 0.0462. The van der Waals surface area contributed by atoms with E-state index in [0.29, 0.717) is 6.54 Å². The molecule has 5 heteroatoms. The second kappa shape index (κ2) is 7.30. The number of carbonyl (C=O) groups excluding carboxylic acids is 1. The van der Waals surface area contributed by atoms with Crippen molar-refractivity contribution in [1.29, 1.82) is 0 Å². The maximum Gasteiger partial charge on any atom is 0.317 e. The van der Waals surface area contributed by atoms with Crippen LogP contribution in [0.5, 0.6) is 0 Å². The molecular weight excluding hydrogens is 312 g/mol. The van der Waals surface area contributed by atoms with Crippen molar-refractivity contribution in [1.82, 2.24) is 20.0 Å². The Kier molecular flexibility index (Phi) is 5.11. The summed E-state index contributed by atoms with van der Waals surface area (Å²) in [5, 5.41) is 7.55. The fraction of sp³-hybridized carbons (Fsp3) is 0.500. The van der Waals surface area contributed by atoms with Crippen LogP contribution in [0.2, 0.25) is 0 Å². The molecule has 3 rings (SSSR count). The van der Waals surface area contributed by atoms with E-state index in [2.05, 4.69) is 48.5 Å². The number of nitrogens with zero attached hydrogens (tertiary/aromatic N) is 3. The Hall–Kier alpha value is -2.30. The molecule has 134 valence electrons. The van der Waals surface area contributed by atoms with Gasteiger partial charge in [-0.2, -0.15) is 5.10 Å². The number of benzene rings is 1. The van der Waals surface area contributed by atoms with E-state index in [1.807, 2.05) is 23.6 Å². The Bertz CT molecular complexity index is 765. The van der Waals surface area contributed by atoms with Crippen molar-refractivity contribution in [2.24, 2.45) is 7.05 Å². The molecule has 1 saturated heterocycles. The zero-order valence-corrected chi connectivity index (χ0v) is 15.7. The lowest BCUT2D eigenvalue weighted by atomic mass is 9.99. The molecule has 0 aliphatic carbocycles. The second-order valence-electron chi connectivity index (χ2n) is 6.96. The molecular formula is C20H28N4O. The number of hydrogen-bond acceptors (Lipinski definition) is 2. The molecule has 5 nitrogen and oxygen atoms in total. The Balaban J connectivity index is 1.62. The van der Waals surface area contributed by atoms with E-state index in [4.69, 9.17) is 0 Å². The van der Waals surface area contributed by atoms with Crippen LogP contribution < -0.4 is 5.32 Å². The van der Waals surface area contributed by atoms with Gasteiger partial charge in [0.2, 0.25) is 0 Å². The van der Waals surface area contributed by atoms with Crippen LogP contribution in [-0.4, -0.2) is 33.8 Å². The number of urea groups is 1. The second-order valence-corrected chi connectivity index (χ2v) is 6.96. The first-order valence-electron chi connectivity index (χ1n) is 9.08. The zero-order valence-electron chi connectivity index (χ0n) is 15.7. The number of nitrogens with one attached hydrogen (secondary N) is 1. The van der Waals surface area contributed by atoms with Crippen molar-refractivity contribution >= 4 is 6.03 Å². The van der Waals surface area contributed by atoms with Gasteiger partial charge in [-0.1, -0.05) is 24.3 Å². The maximum atomic E-state index is 12.7. The fourth-order valence-corrected chi connectivity index (χ4v) is 3.87. The van der Waals surface area contributed by atoms with E-state index in [9.17, 15) is 4.79 Å². The van der Waals surface area contributed by atoms with Gasteiger partial charge in [-0.15, -0.1) is 0 Å². The highest BCUT2D eigenvalue weighted by molar-refractivity contribution is 5.75. The van der Waals surface area contributed by atoms with Gasteiger partial charge in [0.15, 0.2) is 0 Å². The lowest BCUT2D eigenvalue weighted by Crippen LogP contribution is -2.40. The molecule has 0 radical (unpaired) electrons. The van der Waals surface area contributed by atoms with Crippen molar-refractivity contribution in [3.63, 3.8) is 0 Å². The molecule has 1 N–H and O–H groups in total. The van der Waals surface area contributed by atoms with Crippen molar-refractivity contribution < 1.29 is 4.79 Å². The molecule has 1 atom stereocenters. The van der Waals surface area contributed by atoms with E-state index in [0.717, 1.165) is 31.5 Å². The van der Waals surface area contributed by atoms with Crippen LogP contribution in [0.1, 0.15) is 47.0 Å². The molecule has 1 aromatic heterocycles. The fourth-order valence-electron chi connectivity index (χ4n) is 3.87. The van der Waals surface area contributed by atoms with Crippen LogP contribution in [0, 0.1) is 20.8 Å². The van der Waals surface area contributed by atoms with Gasteiger partial charge < -0.3 is 10.2 Å². The van der Waals surface area contributed by atoms with Gasteiger partial charge in [-0.25, -0.2) is 4.79 Å². The largest absolute Gasteiger partial charge is 0.338 e. The van der Waals surface area contributed by atoms with Gasteiger partial charge in [-0.3, -0.25) is 4.68 Å². The summed E-state index contributed by atoms with van der Waals surface area (Å²) in [4.78, 5) is 14.7. The number of likely N-dealkylation sites (tertiary alicyclic amines) is 1. The molecule has 25 heavy (non-hydrogen) atoms. The average molecular weight is 340 g/mol. The Morgan fingerprint density at radius 2 is 2.04 bits per heavy atom. The zero-order chi connectivity index (χ0) is 18.0. The Labute approximate surface area is 150 Å². The molecule has 0 unspecified atom stereocenters. The van der Waals surface area contributed by atoms with Gasteiger partial charge in [0, 0.05) is 25.8 Å². The van der Waals surface area contributed by atoms with Crippen LogP contribution in [0.15, 0.2) is 24.3 Å². The topological polar surface area (TPSA) is 50.2 Å². The first-order chi connectivity index (χ1) is 12.0. The normalized spacial score (nSPS) is 17.1. The Morgan fingerprint density at radius 1 is 1.28 bits per heavy atom. The third kappa shape index (κ3) is 3.55. The van der Waals surface area contributed by atoms with Crippen LogP contribution in [0.4, 0.5) is 4.79 Å². The van der Waals surface area contributed by atoms with Crippen LogP contribution in [-0.2, 0) is 13.5 Å². The van der Waals surface area contributed by atoms with Gasteiger partial charge in [0.25, 0.3) is 0 Å². The molecule has 1 fully saturated rings. The number of aromatic nitrogens is 2. The molecule has 1 aliphatic heterocycles.